The summed E-state index contributed by atoms with van der Waals surface area (Å²) in [4.78, 5) is 24.1. The number of para-hydroxylation sites is 1. The third kappa shape index (κ3) is 4.54. The van der Waals surface area contributed by atoms with Gasteiger partial charge >= 0.3 is 5.97 Å². The maximum Gasteiger partial charge on any atom is 0.349 e. The van der Waals surface area contributed by atoms with E-state index in [0.717, 1.165) is 0 Å². The van der Waals surface area contributed by atoms with Crippen LogP contribution in [0.25, 0.3) is 0 Å². The number of hydrogen-bond donors (Lipinski definition) is 0. The van der Waals surface area contributed by atoms with Gasteiger partial charge in [-0.25, -0.2) is 4.79 Å². The summed E-state index contributed by atoms with van der Waals surface area (Å²) in [6.45, 7) is -0.186. The lowest BCUT2D eigenvalue weighted by Gasteiger charge is -2.07. The van der Waals surface area contributed by atoms with Crippen molar-refractivity contribution in [3.8, 4) is 11.5 Å². The summed E-state index contributed by atoms with van der Waals surface area (Å²) in [5.41, 5.74) is 1.15. The number of ether oxygens (including phenoxy) is 2. The van der Waals surface area contributed by atoms with Crippen LogP contribution in [0.4, 0.5) is 0 Å². The maximum absolute atomic E-state index is 12.3. The molecule has 0 atom stereocenters. The van der Waals surface area contributed by atoms with E-state index in [2.05, 4.69) is 0 Å². The molecule has 0 saturated heterocycles. The van der Waals surface area contributed by atoms with Crippen molar-refractivity contribution in [2.75, 3.05) is 6.61 Å². The Kier molecular flexibility index (Phi) is 5.22. The molecule has 0 aliphatic heterocycles. The SMILES string of the molecule is O=C(COc1ccccc1)Oc1ccc(C(=O)c2ccccc2)cc1. The fraction of sp³-hybridized carbons (Fsp3) is 0.0476. The lowest BCUT2D eigenvalue weighted by molar-refractivity contribution is -0.136. The summed E-state index contributed by atoms with van der Waals surface area (Å²) in [5, 5.41) is 0. The molecule has 0 saturated carbocycles. The van der Waals surface area contributed by atoms with Crippen LogP contribution >= 0.6 is 0 Å². The minimum atomic E-state index is -0.508. The van der Waals surface area contributed by atoms with E-state index in [1.165, 1.54) is 0 Å². The number of hydrogen-bond acceptors (Lipinski definition) is 4. The lowest BCUT2D eigenvalue weighted by Crippen LogP contribution is -2.17. The molecule has 4 nitrogen and oxygen atoms in total. The zero-order valence-electron chi connectivity index (χ0n) is 13.4. The Labute approximate surface area is 145 Å². The highest BCUT2D eigenvalue weighted by Crippen LogP contribution is 2.16. The van der Waals surface area contributed by atoms with Gasteiger partial charge in [0.05, 0.1) is 0 Å². The normalized spacial score (nSPS) is 10.1. The first-order valence-electron chi connectivity index (χ1n) is 7.81. The van der Waals surface area contributed by atoms with E-state index in [1.54, 1.807) is 48.5 Å². The highest BCUT2D eigenvalue weighted by atomic mass is 16.6. The molecule has 3 aromatic rings. The molecule has 0 unspecified atom stereocenters. The largest absolute Gasteiger partial charge is 0.482 e. The van der Waals surface area contributed by atoms with Crippen LogP contribution in [0.15, 0.2) is 84.9 Å². The fourth-order valence-electron chi connectivity index (χ4n) is 2.25. The monoisotopic (exact) mass is 332 g/mol. The van der Waals surface area contributed by atoms with E-state index >= 15 is 0 Å². The molecule has 0 N–H and O–H groups in total. The van der Waals surface area contributed by atoms with Crippen LogP contribution in [0.3, 0.4) is 0 Å². The zero-order chi connectivity index (χ0) is 17.5. The van der Waals surface area contributed by atoms with E-state index in [4.69, 9.17) is 9.47 Å². The van der Waals surface area contributed by atoms with Crippen LogP contribution in [-0.4, -0.2) is 18.4 Å². The van der Waals surface area contributed by atoms with Crippen LogP contribution in [0.2, 0.25) is 0 Å². The molecule has 3 aromatic carbocycles. The number of rotatable bonds is 6. The van der Waals surface area contributed by atoms with Gasteiger partial charge in [-0.3, -0.25) is 4.79 Å². The van der Waals surface area contributed by atoms with Gasteiger partial charge in [0, 0.05) is 11.1 Å². The first-order chi connectivity index (χ1) is 12.2. The van der Waals surface area contributed by atoms with Crippen LogP contribution in [0.1, 0.15) is 15.9 Å². The molecule has 0 amide bonds. The van der Waals surface area contributed by atoms with Gasteiger partial charge in [0.25, 0.3) is 0 Å². The molecule has 0 heterocycles. The van der Waals surface area contributed by atoms with Crippen molar-refractivity contribution in [1.82, 2.24) is 0 Å². The molecular formula is C21H16O4. The summed E-state index contributed by atoms with van der Waals surface area (Å²) < 4.78 is 10.5. The molecule has 0 radical (unpaired) electrons. The number of ketones is 1. The molecule has 0 spiro atoms. The second-order valence-electron chi connectivity index (χ2n) is 5.30. The van der Waals surface area contributed by atoms with Gasteiger partial charge in [-0.1, -0.05) is 48.5 Å². The summed E-state index contributed by atoms with van der Waals surface area (Å²) in [5.74, 6) is 0.381. The highest BCUT2D eigenvalue weighted by Gasteiger charge is 2.10. The van der Waals surface area contributed by atoms with Crippen LogP contribution in [0, 0.1) is 0 Å². The van der Waals surface area contributed by atoms with Crippen molar-refractivity contribution < 1.29 is 19.1 Å². The van der Waals surface area contributed by atoms with E-state index in [-0.39, 0.29) is 12.4 Å². The Morgan fingerprint density at radius 1 is 0.640 bits per heavy atom. The molecule has 25 heavy (non-hydrogen) atoms. The lowest BCUT2D eigenvalue weighted by atomic mass is 10.0. The average Bonchev–Trinajstić information content (AvgIpc) is 2.68. The molecule has 124 valence electrons. The molecular weight excluding hydrogens is 316 g/mol. The predicted molar refractivity (Wildman–Crippen MR) is 93.9 cm³/mol. The van der Waals surface area contributed by atoms with Crippen LogP contribution in [0.5, 0.6) is 11.5 Å². The Balaban J connectivity index is 1.57. The smallest absolute Gasteiger partial charge is 0.349 e. The van der Waals surface area contributed by atoms with Gasteiger partial charge in [-0.2, -0.15) is 0 Å². The van der Waals surface area contributed by atoms with Gasteiger partial charge in [0.15, 0.2) is 12.4 Å². The second-order valence-corrected chi connectivity index (χ2v) is 5.30. The summed E-state index contributed by atoms with van der Waals surface area (Å²) in [6, 6.07) is 24.5. The quantitative estimate of drug-likeness (QED) is 0.390. The molecule has 0 aromatic heterocycles. The van der Waals surface area contributed by atoms with Crippen molar-refractivity contribution in [1.29, 1.82) is 0 Å². The number of carbonyl (C=O) groups is 2. The standard InChI is InChI=1S/C21H16O4/c22-20(15-24-18-9-5-2-6-10-18)25-19-13-11-17(12-14-19)21(23)16-7-3-1-4-8-16/h1-14H,15H2. The summed E-state index contributed by atoms with van der Waals surface area (Å²) in [7, 11) is 0. The van der Waals surface area contributed by atoms with Crippen LogP contribution in [-0.2, 0) is 4.79 Å². The Hall–Kier alpha value is -3.40. The van der Waals surface area contributed by atoms with Gasteiger partial charge in [-0.15, -0.1) is 0 Å². The van der Waals surface area contributed by atoms with Gasteiger partial charge < -0.3 is 9.47 Å². The van der Waals surface area contributed by atoms with E-state index < -0.39 is 5.97 Å². The van der Waals surface area contributed by atoms with E-state index in [9.17, 15) is 9.59 Å². The van der Waals surface area contributed by atoms with Gasteiger partial charge in [0.2, 0.25) is 0 Å². The van der Waals surface area contributed by atoms with Crippen molar-refractivity contribution in [3.63, 3.8) is 0 Å². The minimum absolute atomic E-state index is 0.0779. The van der Waals surface area contributed by atoms with Gasteiger partial charge in [0.1, 0.15) is 11.5 Å². The van der Waals surface area contributed by atoms with Crippen molar-refractivity contribution >= 4 is 11.8 Å². The third-order valence-electron chi connectivity index (χ3n) is 3.48. The van der Waals surface area contributed by atoms with Crippen LogP contribution < -0.4 is 9.47 Å². The second kappa shape index (κ2) is 7.93. The van der Waals surface area contributed by atoms with Crippen molar-refractivity contribution in [2.45, 2.75) is 0 Å². The Morgan fingerprint density at radius 2 is 1.20 bits per heavy atom. The number of benzene rings is 3. The Morgan fingerprint density at radius 3 is 1.84 bits per heavy atom. The molecule has 0 aliphatic carbocycles. The minimum Gasteiger partial charge on any atom is -0.482 e. The molecule has 0 fully saturated rings. The average molecular weight is 332 g/mol. The Bertz CT molecular complexity index is 840. The predicted octanol–water partition coefficient (Wildman–Crippen LogP) is 3.90. The summed E-state index contributed by atoms with van der Waals surface area (Å²) >= 11 is 0. The molecule has 4 heteroatoms. The first-order valence-corrected chi connectivity index (χ1v) is 7.81. The maximum atomic E-state index is 12.3. The highest BCUT2D eigenvalue weighted by molar-refractivity contribution is 6.09. The number of carbonyl (C=O) groups excluding carboxylic acids is 2. The zero-order valence-corrected chi connectivity index (χ0v) is 13.4. The molecule has 0 aliphatic rings. The van der Waals surface area contributed by atoms with Gasteiger partial charge in [-0.05, 0) is 36.4 Å². The topological polar surface area (TPSA) is 52.6 Å². The third-order valence-corrected chi connectivity index (χ3v) is 3.48. The molecule has 3 rings (SSSR count). The molecule has 0 bridgehead atoms. The van der Waals surface area contributed by atoms with E-state index in [0.29, 0.717) is 22.6 Å². The van der Waals surface area contributed by atoms with Crippen molar-refractivity contribution in [3.05, 3.63) is 96.1 Å². The first kappa shape index (κ1) is 16.5. The number of esters is 1. The van der Waals surface area contributed by atoms with Crippen molar-refractivity contribution in [2.24, 2.45) is 0 Å². The van der Waals surface area contributed by atoms with E-state index in [1.807, 2.05) is 36.4 Å². The fourth-order valence-corrected chi connectivity index (χ4v) is 2.25. The summed E-state index contributed by atoms with van der Waals surface area (Å²) in [6.07, 6.45) is 0.